The molecule has 0 bridgehead atoms. The lowest BCUT2D eigenvalue weighted by atomic mass is 10.1. The molecule has 2 aromatic rings. The first kappa shape index (κ1) is 19.4. The summed E-state index contributed by atoms with van der Waals surface area (Å²) in [4.78, 5) is 29.3. The Morgan fingerprint density at radius 2 is 1.59 bits per heavy atom. The number of carbonyl (C=O) groups excluding carboxylic acids is 2. The van der Waals surface area contributed by atoms with Crippen LogP contribution in [0.5, 0.6) is 0 Å². The number of nitrogens with one attached hydrogen (secondary N) is 2. The van der Waals surface area contributed by atoms with Gasteiger partial charge in [0.25, 0.3) is 11.8 Å². The molecular weight excluding hydrogens is 362 g/mol. The normalized spacial score (nSPS) is 15.0. The summed E-state index contributed by atoms with van der Waals surface area (Å²) < 4.78 is 0. The summed E-state index contributed by atoms with van der Waals surface area (Å²) in [7, 11) is 0. The monoisotopic (exact) mass is 385 g/mol. The summed E-state index contributed by atoms with van der Waals surface area (Å²) in [6, 6.07) is 10.4. The van der Waals surface area contributed by atoms with E-state index in [2.05, 4.69) is 15.6 Å². The molecule has 0 aliphatic heterocycles. The molecule has 0 unspecified atom stereocenters. The molecule has 5 nitrogen and oxygen atoms in total. The maximum absolute atomic E-state index is 12.5. The smallest absolute Gasteiger partial charge is 0.274 e. The van der Waals surface area contributed by atoms with Gasteiger partial charge in [0.05, 0.1) is 0 Å². The predicted octanol–water partition coefficient (Wildman–Crippen LogP) is 4.75. The zero-order chi connectivity index (χ0) is 19.2. The van der Waals surface area contributed by atoms with Crippen molar-refractivity contribution in [2.24, 2.45) is 0 Å². The van der Waals surface area contributed by atoms with Crippen LogP contribution in [0, 0.1) is 6.92 Å². The Balaban J connectivity index is 1.69. The van der Waals surface area contributed by atoms with Crippen LogP contribution in [0.15, 0.2) is 36.4 Å². The maximum Gasteiger partial charge on any atom is 0.274 e. The zero-order valence-corrected chi connectivity index (χ0v) is 16.2. The summed E-state index contributed by atoms with van der Waals surface area (Å²) in [5.74, 6) is -0.597. The molecule has 1 heterocycles. The van der Waals surface area contributed by atoms with Crippen molar-refractivity contribution in [2.45, 2.75) is 51.5 Å². The van der Waals surface area contributed by atoms with Crippen molar-refractivity contribution >= 4 is 29.1 Å². The van der Waals surface area contributed by atoms with E-state index in [1.165, 1.54) is 12.8 Å². The van der Waals surface area contributed by atoms with E-state index in [0.29, 0.717) is 10.7 Å². The molecule has 142 valence electrons. The number of benzene rings is 1. The SMILES string of the molecule is Cc1c(Cl)cccc1NC(=O)c1cccc(C(=O)NC2CCCCCC2)n1. The number of nitrogens with zero attached hydrogens (tertiary/aromatic N) is 1. The van der Waals surface area contributed by atoms with Crippen molar-refractivity contribution < 1.29 is 9.59 Å². The molecule has 1 saturated carbocycles. The van der Waals surface area contributed by atoms with Crippen molar-refractivity contribution in [2.75, 3.05) is 5.32 Å². The largest absolute Gasteiger partial charge is 0.348 e. The third-order valence-corrected chi connectivity index (χ3v) is 5.33. The van der Waals surface area contributed by atoms with Gasteiger partial charge in [-0.15, -0.1) is 0 Å². The van der Waals surface area contributed by atoms with E-state index >= 15 is 0 Å². The fourth-order valence-electron chi connectivity index (χ4n) is 3.30. The quantitative estimate of drug-likeness (QED) is 0.746. The maximum atomic E-state index is 12.5. The summed E-state index contributed by atoms with van der Waals surface area (Å²) in [6.07, 6.45) is 6.73. The van der Waals surface area contributed by atoms with E-state index in [9.17, 15) is 9.59 Å². The fraction of sp³-hybridized carbons (Fsp3) is 0.381. The highest BCUT2D eigenvalue weighted by Gasteiger charge is 2.18. The van der Waals surface area contributed by atoms with Gasteiger partial charge in [0.1, 0.15) is 11.4 Å². The van der Waals surface area contributed by atoms with Gasteiger partial charge in [-0.25, -0.2) is 4.98 Å². The van der Waals surface area contributed by atoms with E-state index in [1.807, 2.05) is 6.92 Å². The lowest BCUT2D eigenvalue weighted by Gasteiger charge is -2.16. The molecule has 27 heavy (non-hydrogen) atoms. The second kappa shape index (κ2) is 9.00. The van der Waals surface area contributed by atoms with Crippen molar-refractivity contribution in [3.63, 3.8) is 0 Å². The Morgan fingerprint density at radius 3 is 2.30 bits per heavy atom. The van der Waals surface area contributed by atoms with E-state index < -0.39 is 0 Å². The highest BCUT2D eigenvalue weighted by Crippen LogP contribution is 2.23. The van der Waals surface area contributed by atoms with Crippen LogP contribution < -0.4 is 10.6 Å². The molecule has 0 radical (unpaired) electrons. The lowest BCUT2D eigenvalue weighted by Crippen LogP contribution is -2.35. The number of hydrogen-bond donors (Lipinski definition) is 2. The number of carbonyl (C=O) groups is 2. The fourth-order valence-corrected chi connectivity index (χ4v) is 3.47. The molecule has 1 fully saturated rings. The van der Waals surface area contributed by atoms with Gasteiger partial charge in [-0.1, -0.05) is 49.4 Å². The van der Waals surface area contributed by atoms with Crippen LogP contribution >= 0.6 is 11.6 Å². The molecule has 1 aliphatic rings. The number of pyridine rings is 1. The van der Waals surface area contributed by atoms with Crippen molar-refractivity contribution in [1.82, 2.24) is 10.3 Å². The number of halogens is 1. The molecule has 2 amide bonds. The molecule has 1 aromatic heterocycles. The van der Waals surface area contributed by atoms with Crippen LogP contribution in [0.2, 0.25) is 5.02 Å². The first-order valence-corrected chi connectivity index (χ1v) is 9.77. The predicted molar refractivity (Wildman–Crippen MR) is 107 cm³/mol. The van der Waals surface area contributed by atoms with Gasteiger partial charge >= 0.3 is 0 Å². The number of hydrogen-bond acceptors (Lipinski definition) is 3. The number of rotatable bonds is 4. The van der Waals surface area contributed by atoms with Gasteiger partial charge in [-0.05, 0) is 49.6 Å². The Kier molecular flexibility index (Phi) is 6.45. The van der Waals surface area contributed by atoms with Gasteiger partial charge < -0.3 is 10.6 Å². The van der Waals surface area contributed by atoms with Gasteiger partial charge in [-0.3, -0.25) is 9.59 Å². The average Bonchev–Trinajstić information content (AvgIpc) is 2.94. The summed E-state index contributed by atoms with van der Waals surface area (Å²) in [5, 5.41) is 6.44. The molecule has 1 aliphatic carbocycles. The Hall–Kier alpha value is -2.40. The number of amides is 2. The number of anilines is 1. The van der Waals surface area contributed by atoms with Gasteiger partial charge in [-0.2, -0.15) is 0 Å². The minimum atomic E-state index is -0.371. The second-order valence-corrected chi connectivity index (χ2v) is 7.34. The first-order chi connectivity index (χ1) is 13.0. The number of aromatic nitrogens is 1. The van der Waals surface area contributed by atoms with Crippen LogP contribution in [0.3, 0.4) is 0 Å². The van der Waals surface area contributed by atoms with Crippen LogP contribution in [0.1, 0.15) is 65.1 Å². The Labute approximate surface area is 164 Å². The second-order valence-electron chi connectivity index (χ2n) is 6.94. The topological polar surface area (TPSA) is 71.1 Å². The third kappa shape index (κ3) is 5.07. The lowest BCUT2D eigenvalue weighted by molar-refractivity contribution is 0.0928. The molecular formula is C21H24ClN3O2. The van der Waals surface area contributed by atoms with Crippen LogP contribution in [-0.2, 0) is 0 Å². The molecule has 6 heteroatoms. The van der Waals surface area contributed by atoms with E-state index in [1.54, 1.807) is 36.4 Å². The van der Waals surface area contributed by atoms with Crippen molar-refractivity contribution in [3.05, 3.63) is 58.4 Å². The third-order valence-electron chi connectivity index (χ3n) is 4.92. The molecule has 3 rings (SSSR count). The Morgan fingerprint density at radius 1 is 0.963 bits per heavy atom. The minimum Gasteiger partial charge on any atom is -0.348 e. The zero-order valence-electron chi connectivity index (χ0n) is 15.4. The first-order valence-electron chi connectivity index (χ1n) is 9.39. The van der Waals surface area contributed by atoms with Crippen LogP contribution in [-0.4, -0.2) is 22.8 Å². The van der Waals surface area contributed by atoms with Gasteiger partial charge in [0.2, 0.25) is 0 Å². The van der Waals surface area contributed by atoms with E-state index in [0.717, 1.165) is 31.2 Å². The van der Waals surface area contributed by atoms with Crippen LogP contribution in [0.25, 0.3) is 0 Å². The summed E-state index contributed by atoms with van der Waals surface area (Å²) in [5.41, 5.74) is 1.87. The van der Waals surface area contributed by atoms with Crippen LogP contribution in [0.4, 0.5) is 5.69 Å². The highest BCUT2D eigenvalue weighted by atomic mass is 35.5. The molecule has 2 N–H and O–H groups in total. The van der Waals surface area contributed by atoms with Crippen molar-refractivity contribution in [1.29, 1.82) is 0 Å². The van der Waals surface area contributed by atoms with Gasteiger partial charge in [0.15, 0.2) is 0 Å². The highest BCUT2D eigenvalue weighted by molar-refractivity contribution is 6.31. The average molecular weight is 386 g/mol. The summed E-state index contributed by atoms with van der Waals surface area (Å²) in [6.45, 7) is 1.84. The van der Waals surface area contributed by atoms with Gasteiger partial charge in [0, 0.05) is 16.8 Å². The van der Waals surface area contributed by atoms with E-state index in [-0.39, 0.29) is 29.2 Å². The molecule has 1 aromatic carbocycles. The standard InChI is InChI=1S/C21H24ClN3O2/c1-14-16(22)10-6-11-17(14)25-21(27)19-13-7-12-18(24-19)20(26)23-15-8-4-2-3-5-9-15/h6-7,10-13,15H,2-5,8-9H2,1H3,(H,23,26)(H,25,27). The summed E-state index contributed by atoms with van der Waals surface area (Å²) >= 11 is 6.09. The molecule has 0 saturated heterocycles. The molecule has 0 spiro atoms. The molecule has 0 atom stereocenters. The van der Waals surface area contributed by atoms with E-state index in [4.69, 9.17) is 11.6 Å². The Bertz CT molecular complexity index is 830. The minimum absolute atomic E-state index is 0.188. The van der Waals surface area contributed by atoms with Crippen molar-refractivity contribution in [3.8, 4) is 0 Å².